The van der Waals surface area contributed by atoms with Crippen LogP contribution in [0, 0.1) is 0 Å². The van der Waals surface area contributed by atoms with Gasteiger partial charge in [0, 0.05) is 11.4 Å². The summed E-state index contributed by atoms with van der Waals surface area (Å²) in [7, 11) is 1.59. The predicted molar refractivity (Wildman–Crippen MR) is 82.7 cm³/mol. The maximum Gasteiger partial charge on any atom is 0.323 e. The summed E-state index contributed by atoms with van der Waals surface area (Å²) in [5, 5.41) is 14.9. The maximum atomic E-state index is 11.9. The van der Waals surface area contributed by atoms with Crippen molar-refractivity contribution in [1.82, 2.24) is 0 Å². The second-order valence-electron chi connectivity index (χ2n) is 4.61. The predicted octanol–water partition coefficient (Wildman–Crippen LogP) is 3.39. The molecule has 2 aromatic rings. The first kappa shape index (κ1) is 14.9. The van der Waals surface area contributed by atoms with Crippen LogP contribution in [-0.4, -0.2) is 18.2 Å². The maximum absolute atomic E-state index is 11.9. The van der Waals surface area contributed by atoms with Crippen LogP contribution in [0.25, 0.3) is 0 Å². The topological polar surface area (TPSA) is 70.6 Å². The lowest BCUT2D eigenvalue weighted by atomic mass is 10.1. The first-order valence-corrected chi connectivity index (χ1v) is 6.58. The van der Waals surface area contributed by atoms with Crippen molar-refractivity contribution in [3.05, 3.63) is 54.1 Å². The summed E-state index contributed by atoms with van der Waals surface area (Å²) in [6.07, 6.45) is -0.521. The van der Waals surface area contributed by atoms with Gasteiger partial charge >= 0.3 is 6.03 Å². The summed E-state index contributed by atoms with van der Waals surface area (Å²) < 4.78 is 5.05. The van der Waals surface area contributed by atoms with Crippen molar-refractivity contribution < 1.29 is 14.6 Å². The largest absolute Gasteiger partial charge is 0.497 e. The SMILES string of the molecule is COc1ccc(NC(=O)Nc2ccc(C(C)O)cc2)cc1. The van der Waals surface area contributed by atoms with Gasteiger partial charge in [-0.25, -0.2) is 4.79 Å². The molecule has 0 aromatic heterocycles. The van der Waals surface area contributed by atoms with E-state index in [9.17, 15) is 9.90 Å². The molecule has 2 amide bonds. The van der Waals surface area contributed by atoms with E-state index in [-0.39, 0.29) is 6.03 Å². The molecule has 3 N–H and O–H groups in total. The van der Waals surface area contributed by atoms with Gasteiger partial charge in [0.05, 0.1) is 13.2 Å². The number of hydrogen-bond donors (Lipinski definition) is 3. The van der Waals surface area contributed by atoms with Crippen molar-refractivity contribution in [1.29, 1.82) is 0 Å². The number of aliphatic hydroxyl groups excluding tert-OH is 1. The molecule has 0 fully saturated rings. The van der Waals surface area contributed by atoms with E-state index in [1.807, 2.05) is 0 Å². The van der Waals surface area contributed by atoms with Crippen molar-refractivity contribution in [2.24, 2.45) is 0 Å². The molecule has 1 atom stereocenters. The van der Waals surface area contributed by atoms with E-state index in [0.717, 1.165) is 11.3 Å². The zero-order valence-corrected chi connectivity index (χ0v) is 12.0. The molecule has 2 rings (SSSR count). The average Bonchev–Trinajstić information content (AvgIpc) is 2.48. The monoisotopic (exact) mass is 286 g/mol. The Balaban J connectivity index is 1.94. The van der Waals surface area contributed by atoms with Gasteiger partial charge in [0.1, 0.15) is 5.75 Å². The number of amides is 2. The third-order valence-corrected chi connectivity index (χ3v) is 3.00. The minimum absolute atomic E-state index is 0.329. The molecule has 0 saturated heterocycles. The molecule has 0 saturated carbocycles. The van der Waals surface area contributed by atoms with Crippen molar-refractivity contribution in [3.8, 4) is 5.75 Å². The van der Waals surface area contributed by atoms with E-state index < -0.39 is 6.10 Å². The lowest BCUT2D eigenvalue weighted by Crippen LogP contribution is -2.19. The highest BCUT2D eigenvalue weighted by Gasteiger charge is 2.04. The summed E-state index contributed by atoms with van der Waals surface area (Å²) >= 11 is 0. The fourth-order valence-electron chi connectivity index (χ4n) is 1.81. The van der Waals surface area contributed by atoms with Gasteiger partial charge in [-0.3, -0.25) is 0 Å². The molecule has 0 radical (unpaired) electrons. The molecule has 0 aliphatic heterocycles. The number of rotatable bonds is 4. The van der Waals surface area contributed by atoms with Gasteiger partial charge in [0.15, 0.2) is 0 Å². The zero-order chi connectivity index (χ0) is 15.2. The minimum atomic E-state index is -0.521. The molecule has 2 aromatic carbocycles. The third kappa shape index (κ3) is 4.22. The van der Waals surface area contributed by atoms with Gasteiger partial charge in [-0.15, -0.1) is 0 Å². The number of methoxy groups -OCH3 is 1. The molecule has 21 heavy (non-hydrogen) atoms. The van der Waals surface area contributed by atoms with E-state index in [1.54, 1.807) is 62.6 Å². The molecule has 0 spiro atoms. The second-order valence-corrected chi connectivity index (χ2v) is 4.61. The Morgan fingerprint density at radius 1 is 1.00 bits per heavy atom. The van der Waals surface area contributed by atoms with Crippen LogP contribution in [0.1, 0.15) is 18.6 Å². The Morgan fingerprint density at radius 3 is 1.90 bits per heavy atom. The molecule has 0 bridgehead atoms. The standard InChI is InChI=1S/C16H18N2O3/c1-11(19)12-3-5-13(6-4-12)17-16(20)18-14-7-9-15(21-2)10-8-14/h3-11,19H,1-2H3,(H2,17,18,20). The Kier molecular flexibility index (Phi) is 4.79. The molecule has 110 valence electrons. The summed E-state index contributed by atoms with van der Waals surface area (Å²) in [4.78, 5) is 11.9. The van der Waals surface area contributed by atoms with Crippen LogP contribution in [0.15, 0.2) is 48.5 Å². The molecule has 0 aliphatic rings. The summed E-state index contributed by atoms with van der Waals surface area (Å²) in [5.74, 6) is 0.731. The van der Waals surface area contributed by atoms with Crippen LogP contribution >= 0.6 is 0 Å². The molecule has 0 aliphatic carbocycles. The van der Waals surface area contributed by atoms with Crippen molar-refractivity contribution in [2.75, 3.05) is 17.7 Å². The van der Waals surface area contributed by atoms with Gasteiger partial charge in [0.25, 0.3) is 0 Å². The van der Waals surface area contributed by atoms with Crippen molar-refractivity contribution in [3.63, 3.8) is 0 Å². The van der Waals surface area contributed by atoms with Crippen LogP contribution in [0.5, 0.6) is 5.75 Å². The number of urea groups is 1. The van der Waals surface area contributed by atoms with E-state index in [4.69, 9.17) is 4.74 Å². The Labute approximate surface area is 123 Å². The second kappa shape index (κ2) is 6.76. The number of hydrogen-bond acceptors (Lipinski definition) is 3. The molecule has 5 nitrogen and oxygen atoms in total. The van der Waals surface area contributed by atoms with Crippen LogP contribution < -0.4 is 15.4 Å². The van der Waals surface area contributed by atoms with Gasteiger partial charge < -0.3 is 20.5 Å². The Bertz CT molecular complexity index is 592. The molecule has 5 heteroatoms. The fraction of sp³-hybridized carbons (Fsp3) is 0.188. The summed E-state index contributed by atoms with van der Waals surface area (Å²) in [5.41, 5.74) is 2.13. The average molecular weight is 286 g/mol. The van der Waals surface area contributed by atoms with Gasteiger partial charge in [-0.05, 0) is 48.9 Å². The molecular formula is C16H18N2O3. The number of benzene rings is 2. The number of aliphatic hydroxyl groups is 1. The number of ether oxygens (including phenoxy) is 1. The normalized spacial score (nSPS) is 11.6. The lowest BCUT2D eigenvalue weighted by molar-refractivity contribution is 0.199. The van der Waals surface area contributed by atoms with Gasteiger partial charge in [-0.2, -0.15) is 0 Å². The molecular weight excluding hydrogens is 268 g/mol. The Hall–Kier alpha value is -2.53. The number of nitrogens with one attached hydrogen (secondary N) is 2. The van der Waals surface area contributed by atoms with Crippen LogP contribution in [0.3, 0.4) is 0 Å². The number of carbonyl (C=O) groups is 1. The molecule has 1 unspecified atom stereocenters. The first-order chi connectivity index (χ1) is 10.1. The van der Waals surface area contributed by atoms with E-state index in [1.165, 1.54) is 0 Å². The van der Waals surface area contributed by atoms with E-state index in [2.05, 4.69) is 10.6 Å². The van der Waals surface area contributed by atoms with Gasteiger partial charge in [-0.1, -0.05) is 12.1 Å². The van der Waals surface area contributed by atoms with Gasteiger partial charge in [0.2, 0.25) is 0 Å². The highest BCUT2D eigenvalue weighted by molar-refractivity contribution is 5.99. The van der Waals surface area contributed by atoms with Crippen LogP contribution in [-0.2, 0) is 0 Å². The van der Waals surface area contributed by atoms with E-state index in [0.29, 0.717) is 11.4 Å². The molecule has 0 heterocycles. The highest BCUT2D eigenvalue weighted by atomic mass is 16.5. The fourth-order valence-corrected chi connectivity index (χ4v) is 1.81. The summed E-state index contributed by atoms with van der Waals surface area (Å²) in [6, 6.07) is 13.8. The van der Waals surface area contributed by atoms with Crippen molar-refractivity contribution in [2.45, 2.75) is 13.0 Å². The third-order valence-electron chi connectivity index (χ3n) is 3.00. The summed E-state index contributed by atoms with van der Waals surface area (Å²) in [6.45, 7) is 1.69. The number of anilines is 2. The van der Waals surface area contributed by atoms with Crippen LogP contribution in [0.2, 0.25) is 0 Å². The van der Waals surface area contributed by atoms with Crippen LogP contribution in [0.4, 0.5) is 16.2 Å². The Morgan fingerprint density at radius 2 is 1.48 bits per heavy atom. The lowest BCUT2D eigenvalue weighted by Gasteiger charge is -2.09. The quantitative estimate of drug-likeness (QED) is 0.806. The highest BCUT2D eigenvalue weighted by Crippen LogP contribution is 2.17. The smallest absolute Gasteiger partial charge is 0.323 e. The number of carbonyl (C=O) groups excluding carboxylic acids is 1. The zero-order valence-electron chi connectivity index (χ0n) is 12.0. The minimum Gasteiger partial charge on any atom is -0.497 e. The van der Waals surface area contributed by atoms with E-state index >= 15 is 0 Å². The van der Waals surface area contributed by atoms with Crippen molar-refractivity contribution >= 4 is 17.4 Å². The first-order valence-electron chi connectivity index (χ1n) is 6.58.